The van der Waals surface area contributed by atoms with Gasteiger partial charge in [0, 0.05) is 22.6 Å². The summed E-state index contributed by atoms with van der Waals surface area (Å²) in [5.74, 6) is -0.288. The van der Waals surface area contributed by atoms with E-state index < -0.39 is 18.0 Å². The molecule has 4 rings (SSSR count). The van der Waals surface area contributed by atoms with Gasteiger partial charge in [0.1, 0.15) is 5.75 Å². The molecule has 0 radical (unpaired) electrons. The van der Waals surface area contributed by atoms with Gasteiger partial charge in [0.2, 0.25) is 5.88 Å². The molecule has 1 atom stereocenters. The lowest BCUT2D eigenvalue weighted by molar-refractivity contribution is -0.136. The summed E-state index contributed by atoms with van der Waals surface area (Å²) >= 11 is 0. The predicted octanol–water partition coefficient (Wildman–Crippen LogP) is 4.77. The van der Waals surface area contributed by atoms with E-state index in [0.717, 1.165) is 6.07 Å². The van der Waals surface area contributed by atoms with Gasteiger partial charge in [0.15, 0.2) is 12.1 Å². The summed E-state index contributed by atoms with van der Waals surface area (Å²) in [7, 11) is 0. The molecule has 144 valence electrons. The Morgan fingerprint density at radius 1 is 1.21 bits per heavy atom. The number of carbonyl (C=O) groups is 1. The van der Waals surface area contributed by atoms with Crippen molar-refractivity contribution in [2.75, 3.05) is 0 Å². The van der Waals surface area contributed by atoms with E-state index in [1.807, 2.05) is 0 Å². The molecule has 0 saturated carbocycles. The topological polar surface area (TPSA) is 68.7 Å². The molecule has 0 spiro atoms. The lowest BCUT2D eigenvalue weighted by Gasteiger charge is -2.14. The summed E-state index contributed by atoms with van der Waals surface area (Å²) in [5.41, 5.74) is 0.579. The van der Waals surface area contributed by atoms with Crippen molar-refractivity contribution >= 4 is 16.7 Å². The second-order valence-electron chi connectivity index (χ2n) is 6.42. The van der Waals surface area contributed by atoms with Gasteiger partial charge in [-0.1, -0.05) is 0 Å². The Labute approximate surface area is 157 Å². The number of alkyl halides is 3. The van der Waals surface area contributed by atoms with Crippen molar-refractivity contribution in [3.05, 3.63) is 64.7 Å². The number of halogens is 3. The summed E-state index contributed by atoms with van der Waals surface area (Å²) in [5, 5.41) is 9.47. The fourth-order valence-corrected chi connectivity index (χ4v) is 3.10. The molecule has 1 aliphatic heterocycles. The highest BCUT2D eigenvalue weighted by Crippen LogP contribution is 2.38. The summed E-state index contributed by atoms with van der Waals surface area (Å²) in [6, 6.07) is 9.48. The van der Waals surface area contributed by atoms with E-state index in [2.05, 4.69) is 4.98 Å². The van der Waals surface area contributed by atoms with Crippen LogP contribution in [-0.4, -0.2) is 15.9 Å². The maximum atomic E-state index is 13.6. The molecule has 28 heavy (non-hydrogen) atoms. The number of benzene rings is 2. The minimum Gasteiger partial charge on any atom is -0.439 e. The average molecular weight is 389 g/mol. The highest BCUT2D eigenvalue weighted by molar-refractivity contribution is 5.98. The zero-order chi connectivity index (χ0) is 20.1. The maximum absolute atomic E-state index is 13.6. The molecule has 5 nitrogen and oxygen atoms in total. The van der Waals surface area contributed by atoms with Gasteiger partial charge in [-0.25, -0.2) is 4.98 Å². The Kier molecular flexibility index (Phi) is 4.32. The first kappa shape index (κ1) is 18.4. The maximum Gasteiger partial charge on any atom is 0.417 e. The summed E-state index contributed by atoms with van der Waals surface area (Å²) in [6.45, 7) is 1.47. The van der Waals surface area contributed by atoms with Crippen LogP contribution >= 0.6 is 0 Å². The van der Waals surface area contributed by atoms with Gasteiger partial charge >= 0.3 is 6.18 Å². The number of fused-ring (bicyclic) bond motifs is 2. The highest BCUT2D eigenvalue weighted by atomic mass is 19.4. The monoisotopic (exact) mass is 389 g/mol. The van der Waals surface area contributed by atoms with Crippen LogP contribution in [0.2, 0.25) is 0 Å². The van der Waals surface area contributed by atoms with E-state index in [-0.39, 0.29) is 40.5 Å². The van der Waals surface area contributed by atoms with Crippen LogP contribution in [-0.2, 0) is 17.5 Å². The van der Waals surface area contributed by atoms with Crippen molar-refractivity contribution in [1.29, 1.82) is 0 Å². The molecule has 1 aromatic heterocycles. The van der Waals surface area contributed by atoms with Gasteiger partial charge in [0.25, 0.3) is 0 Å². The Bertz CT molecular complexity index is 1090. The van der Waals surface area contributed by atoms with E-state index in [4.69, 9.17) is 9.47 Å². The van der Waals surface area contributed by atoms with Crippen LogP contribution in [0.25, 0.3) is 10.9 Å². The molecule has 1 aliphatic rings. The Morgan fingerprint density at radius 3 is 2.71 bits per heavy atom. The van der Waals surface area contributed by atoms with Crippen LogP contribution in [0.3, 0.4) is 0 Å². The van der Waals surface area contributed by atoms with Crippen molar-refractivity contribution in [3.8, 4) is 11.6 Å². The summed E-state index contributed by atoms with van der Waals surface area (Å²) < 4.78 is 51.4. The number of aliphatic hydroxyl groups is 1. The number of aliphatic hydroxyl groups excluding tert-OH is 1. The van der Waals surface area contributed by atoms with Crippen LogP contribution in [0.15, 0.2) is 42.5 Å². The molecule has 2 heterocycles. The highest BCUT2D eigenvalue weighted by Gasteiger charge is 2.34. The largest absolute Gasteiger partial charge is 0.439 e. The number of rotatable bonds is 3. The van der Waals surface area contributed by atoms with E-state index >= 15 is 0 Å². The fourth-order valence-electron chi connectivity index (χ4n) is 3.10. The number of pyridine rings is 1. The smallest absolute Gasteiger partial charge is 0.417 e. The normalized spacial score (nSPS) is 16.2. The van der Waals surface area contributed by atoms with E-state index in [1.54, 1.807) is 12.1 Å². The van der Waals surface area contributed by atoms with Crippen molar-refractivity contribution < 1.29 is 32.5 Å². The molecule has 8 heteroatoms. The Hall–Kier alpha value is -2.97. The number of aromatic nitrogens is 1. The molecular formula is C20H14F3NO4. The van der Waals surface area contributed by atoms with E-state index in [9.17, 15) is 23.1 Å². The molecular weight excluding hydrogens is 375 g/mol. The van der Waals surface area contributed by atoms with Gasteiger partial charge in [-0.05, 0) is 48.9 Å². The van der Waals surface area contributed by atoms with Crippen molar-refractivity contribution in [1.82, 2.24) is 4.98 Å². The SMILES string of the molecule is CC(=O)c1ccc2nc(Oc3ccc4c(c3)COC4O)cc(C(F)(F)F)c2c1. The second-order valence-corrected chi connectivity index (χ2v) is 6.42. The molecule has 0 amide bonds. The molecule has 0 bridgehead atoms. The molecule has 1 N–H and O–H groups in total. The number of Topliss-reactive ketones (excluding diaryl/α,β-unsaturated/α-hetero) is 1. The lowest BCUT2D eigenvalue weighted by Crippen LogP contribution is -2.08. The first-order valence-electron chi connectivity index (χ1n) is 8.35. The third-order valence-electron chi connectivity index (χ3n) is 4.50. The van der Waals surface area contributed by atoms with Crippen LogP contribution in [0.1, 0.15) is 40.3 Å². The van der Waals surface area contributed by atoms with Gasteiger partial charge < -0.3 is 14.6 Å². The number of nitrogens with zero attached hydrogens (tertiary/aromatic N) is 1. The predicted molar refractivity (Wildman–Crippen MR) is 93.0 cm³/mol. The zero-order valence-electron chi connectivity index (χ0n) is 14.6. The third-order valence-corrected chi connectivity index (χ3v) is 4.50. The summed E-state index contributed by atoms with van der Waals surface area (Å²) in [6.07, 6.45) is -5.67. The quantitative estimate of drug-likeness (QED) is 0.654. The molecule has 0 fully saturated rings. The van der Waals surface area contributed by atoms with Crippen molar-refractivity contribution in [2.45, 2.75) is 26.0 Å². The number of hydrogen-bond acceptors (Lipinski definition) is 5. The van der Waals surface area contributed by atoms with Gasteiger partial charge in [-0.3, -0.25) is 4.79 Å². The molecule has 0 aliphatic carbocycles. The molecule has 2 aromatic carbocycles. The van der Waals surface area contributed by atoms with Gasteiger partial charge in [-0.15, -0.1) is 0 Å². The van der Waals surface area contributed by atoms with Crippen LogP contribution in [0, 0.1) is 0 Å². The molecule has 1 unspecified atom stereocenters. The third kappa shape index (κ3) is 3.32. The minimum atomic E-state index is -4.65. The number of carbonyl (C=O) groups excluding carboxylic acids is 1. The zero-order valence-corrected chi connectivity index (χ0v) is 14.6. The van der Waals surface area contributed by atoms with Gasteiger partial charge in [-0.2, -0.15) is 13.2 Å². The van der Waals surface area contributed by atoms with Crippen molar-refractivity contribution in [3.63, 3.8) is 0 Å². The van der Waals surface area contributed by atoms with E-state index in [1.165, 1.54) is 31.2 Å². The fraction of sp³-hybridized carbons (Fsp3) is 0.200. The van der Waals surface area contributed by atoms with Gasteiger partial charge in [0.05, 0.1) is 17.7 Å². The van der Waals surface area contributed by atoms with Crippen LogP contribution in [0.4, 0.5) is 13.2 Å². The number of ketones is 1. The van der Waals surface area contributed by atoms with Crippen LogP contribution < -0.4 is 4.74 Å². The number of ether oxygens (including phenoxy) is 2. The number of hydrogen-bond donors (Lipinski definition) is 1. The first-order chi connectivity index (χ1) is 13.2. The molecule has 3 aromatic rings. The second kappa shape index (κ2) is 6.57. The lowest BCUT2D eigenvalue weighted by atomic mass is 10.0. The van der Waals surface area contributed by atoms with Crippen LogP contribution in [0.5, 0.6) is 11.6 Å². The molecule has 0 saturated heterocycles. The Balaban J connectivity index is 1.78. The standard InChI is InChI=1S/C20H14F3NO4/c1-10(25)11-2-5-17-15(7-11)16(20(21,22)23)8-18(24-17)28-13-3-4-14-12(6-13)9-27-19(14)26/h2-8,19,26H,9H2,1H3. The first-order valence-corrected chi connectivity index (χ1v) is 8.35. The van der Waals surface area contributed by atoms with E-state index in [0.29, 0.717) is 11.1 Å². The minimum absolute atomic E-state index is 0.0646. The summed E-state index contributed by atoms with van der Waals surface area (Å²) in [4.78, 5) is 15.7. The van der Waals surface area contributed by atoms with Crippen molar-refractivity contribution in [2.24, 2.45) is 0 Å². The average Bonchev–Trinajstić information content (AvgIpc) is 3.00. The Morgan fingerprint density at radius 2 is 2.00 bits per heavy atom.